The molecule has 0 heterocycles. The number of benzene rings is 1. The van der Waals surface area contributed by atoms with Crippen molar-refractivity contribution in [2.45, 2.75) is 46.6 Å². The van der Waals surface area contributed by atoms with Gasteiger partial charge in [-0.05, 0) is 31.9 Å². The lowest BCUT2D eigenvalue weighted by Gasteiger charge is -2.22. The van der Waals surface area contributed by atoms with Gasteiger partial charge >= 0.3 is 0 Å². The lowest BCUT2D eigenvalue weighted by molar-refractivity contribution is 0.0829. The molecule has 0 saturated heterocycles. The second-order valence-corrected chi connectivity index (χ2v) is 5.51. The molecule has 3 heteroatoms. The molecule has 2 unspecified atom stereocenters. The molecular formula is C18H31NO2. The molecule has 0 fully saturated rings. The highest BCUT2D eigenvalue weighted by Gasteiger charge is 2.15. The van der Waals surface area contributed by atoms with Crippen molar-refractivity contribution in [3.8, 4) is 5.75 Å². The molecular weight excluding hydrogens is 262 g/mol. The highest BCUT2D eigenvalue weighted by molar-refractivity contribution is 5.36. The summed E-state index contributed by atoms with van der Waals surface area (Å²) < 4.78 is 11.7. The summed E-state index contributed by atoms with van der Waals surface area (Å²) in [5, 5.41) is 3.50. The fourth-order valence-electron chi connectivity index (χ4n) is 2.52. The lowest BCUT2D eigenvalue weighted by atomic mass is 10.1. The van der Waals surface area contributed by atoms with Crippen molar-refractivity contribution >= 4 is 0 Å². The van der Waals surface area contributed by atoms with Crippen LogP contribution in [0.4, 0.5) is 0 Å². The summed E-state index contributed by atoms with van der Waals surface area (Å²) in [6, 6.07) is 8.41. The Balaban J connectivity index is 2.64. The topological polar surface area (TPSA) is 30.5 Å². The zero-order valence-electron chi connectivity index (χ0n) is 14.0. The van der Waals surface area contributed by atoms with Crippen molar-refractivity contribution in [3.05, 3.63) is 29.8 Å². The van der Waals surface area contributed by atoms with E-state index in [-0.39, 0.29) is 6.04 Å². The summed E-state index contributed by atoms with van der Waals surface area (Å²) in [4.78, 5) is 0. The molecule has 1 rings (SSSR count). The van der Waals surface area contributed by atoms with Gasteiger partial charge in [0, 0.05) is 12.2 Å². The van der Waals surface area contributed by atoms with E-state index in [2.05, 4.69) is 38.2 Å². The Morgan fingerprint density at radius 1 is 1.10 bits per heavy atom. The van der Waals surface area contributed by atoms with Crippen LogP contribution in [-0.4, -0.2) is 26.4 Å². The van der Waals surface area contributed by atoms with Gasteiger partial charge < -0.3 is 14.8 Å². The molecule has 0 radical (unpaired) electrons. The van der Waals surface area contributed by atoms with Crippen LogP contribution < -0.4 is 10.1 Å². The third-order valence-corrected chi connectivity index (χ3v) is 3.51. The normalized spacial score (nSPS) is 13.9. The van der Waals surface area contributed by atoms with Crippen molar-refractivity contribution < 1.29 is 9.47 Å². The minimum absolute atomic E-state index is 0.187. The van der Waals surface area contributed by atoms with Crippen LogP contribution >= 0.6 is 0 Å². The number of hydrogen-bond acceptors (Lipinski definition) is 3. The van der Waals surface area contributed by atoms with E-state index < -0.39 is 0 Å². The van der Waals surface area contributed by atoms with Gasteiger partial charge in [-0.25, -0.2) is 0 Å². The minimum Gasteiger partial charge on any atom is -0.494 e. The van der Waals surface area contributed by atoms with Crippen molar-refractivity contribution in [2.75, 3.05) is 26.4 Å². The van der Waals surface area contributed by atoms with E-state index in [1.54, 1.807) is 0 Å². The average Bonchev–Trinajstić information content (AvgIpc) is 2.48. The van der Waals surface area contributed by atoms with Crippen molar-refractivity contribution in [2.24, 2.45) is 5.92 Å². The Labute approximate surface area is 130 Å². The van der Waals surface area contributed by atoms with Crippen LogP contribution in [0.2, 0.25) is 0 Å². The first-order valence-electron chi connectivity index (χ1n) is 8.25. The Kier molecular flexibility index (Phi) is 9.11. The zero-order chi connectivity index (χ0) is 15.5. The number of rotatable bonds is 11. The summed E-state index contributed by atoms with van der Waals surface area (Å²) >= 11 is 0. The fraction of sp³-hybridized carbons (Fsp3) is 0.667. The standard InChI is InChI=1S/C18H31NO2/c1-5-10-15(4)13-20-14-17(19-6-2)16-11-8-9-12-18(16)21-7-3/h8-9,11-12,15,17,19H,5-7,10,13-14H2,1-4H3. The number of likely N-dealkylation sites (N-methyl/N-ethyl adjacent to an activating group) is 1. The van der Waals surface area contributed by atoms with Gasteiger partial charge in [-0.1, -0.05) is 45.4 Å². The second kappa shape index (κ2) is 10.6. The average molecular weight is 293 g/mol. The van der Waals surface area contributed by atoms with E-state index in [1.165, 1.54) is 18.4 Å². The first-order chi connectivity index (χ1) is 10.2. The summed E-state index contributed by atoms with van der Waals surface area (Å²) in [5.74, 6) is 1.58. The van der Waals surface area contributed by atoms with Crippen LogP contribution in [0.15, 0.2) is 24.3 Å². The number of para-hydroxylation sites is 1. The SMILES string of the molecule is CCCC(C)COCC(NCC)c1ccccc1OCC. The molecule has 0 aromatic heterocycles. The molecule has 0 bridgehead atoms. The van der Waals surface area contributed by atoms with E-state index in [1.807, 2.05) is 19.1 Å². The molecule has 0 spiro atoms. The molecule has 0 saturated carbocycles. The summed E-state index contributed by atoms with van der Waals surface area (Å²) in [6.07, 6.45) is 2.44. The van der Waals surface area contributed by atoms with E-state index >= 15 is 0 Å². The van der Waals surface area contributed by atoms with Crippen molar-refractivity contribution in [1.82, 2.24) is 5.32 Å². The molecule has 1 N–H and O–H groups in total. The molecule has 0 aliphatic rings. The van der Waals surface area contributed by atoms with E-state index in [0.29, 0.717) is 19.1 Å². The van der Waals surface area contributed by atoms with E-state index in [9.17, 15) is 0 Å². The Morgan fingerprint density at radius 3 is 2.52 bits per heavy atom. The third kappa shape index (κ3) is 6.49. The molecule has 0 amide bonds. The highest BCUT2D eigenvalue weighted by atomic mass is 16.5. The third-order valence-electron chi connectivity index (χ3n) is 3.51. The van der Waals surface area contributed by atoms with Crippen LogP contribution in [0, 0.1) is 5.92 Å². The number of hydrogen-bond donors (Lipinski definition) is 1. The summed E-state index contributed by atoms with van der Waals surface area (Å²) in [5.41, 5.74) is 1.18. The van der Waals surface area contributed by atoms with Crippen molar-refractivity contribution in [1.29, 1.82) is 0 Å². The molecule has 2 atom stereocenters. The van der Waals surface area contributed by atoms with Gasteiger partial charge in [0.1, 0.15) is 5.75 Å². The van der Waals surface area contributed by atoms with Crippen LogP contribution in [0.5, 0.6) is 5.75 Å². The monoisotopic (exact) mass is 293 g/mol. The molecule has 0 aliphatic carbocycles. The maximum absolute atomic E-state index is 5.93. The lowest BCUT2D eigenvalue weighted by Crippen LogP contribution is -2.26. The molecule has 21 heavy (non-hydrogen) atoms. The Morgan fingerprint density at radius 2 is 1.86 bits per heavy atom. The van der Waals surface area contributed by atoms with Gasteiger partial charge in [0.2, 0.25) is 0 Å². The van der Waals surface area contributed by atoms with Crippen molar-refractivity contribution in [3.63, 3.8) is 0 Å². The van der Waals surface area contributed by atoms with Crippen LogP contribution in [0.3, 0.4) is 0 Å². The summed E-state index contributed by atoms with van der Waals surface area (Å²) in [6.45, 7) is 11.7. The molecule has 1 aromatic carbocycles. The van der Waals surface area contributed by atoms with Crippen LogP contribution in [0.25, 0.3) is 0 Å². The Bertz CT molecular complexity index is 381. The molecule has 120 valence electrons. The van der Waals surface area contributed by atoms with Gasteiger partial charge in [-0.2, -0.15) is 0 Å². The predicted octanol–water partition coefficient (Wildman–Crippen LogP) is 4.19. The first kappa shape index (κ1) is 18.0. The van der Waals surface area contributed by atoms with Gasteiger partial charge in [0.15, 0.2) is 0 Å². The fourth-order valence-corrected chi connectivity index (χ4v) is 2.52. The largest absolute Gasteiger partial charge is 0.494 e. The summed E-state index contributed by atoms with van der Waals surface area (Å²) in [7, 11) is 0. The van der Waals surface area contributed by atoms with Gasteiger partial charge in [0.05, 0.1) is 19.3 Å². The van der Waals surface area contributed by atoms with Gasteiger partial charge in [-0.3, -0.25) is 0 Å². The molecule has 1 aromatic rings. The maximum Gasteiger partial charge on any atom is 0.124 e. The van der Waals surface area contributed by atoms with E-state index in [4.69, 9.17) is 9.47 Å². The minimum atomic E-state index is 0.187. The second-order valence-electron chi connectivity index (χ2n) is 5.51. The van der Waals surface area contributed by atoms with E-state index in [0.717, 1.165) is 18.9 Å². The number of nitrogens with one attached hydrogen (secondary N) is 1. The smallest absolute Gasteiger partial charge is 0.124 e. The van der Waals surface area contributed by atoms with Gasteiger partial charge in [0.25, 0.3) is 0 Å². The number of ether oxygens (including phenoxy) is 2. The first-order valence-corrected chi connectivity index (χ1v) is 8.25. The maximum atomic E-state index is 5.93. The highest BCUT2D eigenvalue weighted by Crippen LogP contribution is 2.25. The molecule has 0 aliphatic heterocycles. The Hall–Kier alpha value is -1.06. The zero-order valence-corrected chi connectivity index (χ0v) is 14.0. The molecule has 3 nitrogen and oxygen atoms in total. The van der Waals surface area contributed by atoms with Crippen LogP contribution in [0.1, 0.15) is 52.1 Å². The quantitative estimate of drug-likeness (QED) is 0.663. The van der Waals surface area contributed by atoms with Gasteiger partial charge in [-0.15, -0.1) is 0 Å². The van der Waals surface area contributed by atoms with Crippen LogP contribution in [-0.2, 0) is 4.74 Å². The predicted molar refractivity (Wildman–Crippen MR) is 88.9 cm³/mol.